The lowest BCUT2D eigenvalue weighted by Crippen LogP contribution is -2.52. The third-order valence-corrected chi connectivity index (χ3v) is 4.03. The molecule has 0 saturated carbocycles. The normalized spacial score (nSPS) is 19.6. The van der Waals surface area contributed by atoms with Crippen molar-refractivity contribution in [1.82, 2.24) is 14.5 Å². The molecular formula is C15H16F3N3O. The maximum atomic E-state index is 13.1. The van der Waals surface area contributed by atoms with Crippen molar-refractivity contribution in [2.75, 3.05) is 6.54 Å². The summed E-state index contributed by atoms with van der Waals surface area (Å²) >= 11 is 0. The maximum absolute atomic E-state index is 13.1. The largest absolute Gasteiger partial charge is 0.408 e. The van der Waals surface area contributed by atoms with E-state index in [1.54, 1.807) is 16.7 Å². The average Bonchev–Trinajstić information content (AvgIpc) is 2.90. The van der Waals surface area contributed by atoms with E-state index < -0.39 is 18.1 Å². The number of rotatable bonds is 2. The third kappa shape index (κ3) is 2.80. The van der Waals surface area contributed by atoms with E-state index in [1.165, 1.54) is 6.33 Å². The second-order valence-electron chi connectivity index (χ2n) is 5.50. The van der Waals surface area contributed by atoms with Gasteiger partial charge in [-0.05, 0) is 31.4 Å². The van der Waals surface area contributed by atoms with Crippen LogP contribution in [0.1, 0.15) is 19.3 Å². The first-order valence-corrected chi connectivity index (χ1v) is 7.23. The number of hydrogen-bond acceptors (Lipinski definition) is 2. The van der Waals surface area contributed by atoms with Gasteiger partial charge in [0.25, 0.3) is 0 Å². The number of alkyl halides is 3. The minimum absolute atomic E-state index is 0.0140. The van der Waals surface area contributed by atoms with E-state index in [9.17, 15) is 18.0 Å². The number of piperidine rings is 1. The molecule has 1 aromatic heterocycles. The molecule has 7 heteroatoms. The van der Waals surface area contributed by atoms with E-state index in [0.717, 1.165) is 15.9 Å². The molecule has 1 fully saturated rings. The molecule has 0 radical (unpaired) electrons. The van der Waals surface area contributed by atoms with E-state index in [4.69, 9.17) is 0 Å². The van der Waals surface area contributed by atoms with E-state index in [2.05, 4.69) is 4.98 Å². The third-order valence-electron chi connectivity index (χ3n) is 4.03. The smallest absolute Gasteiger partial charge is 0.329 e. The highest BCUT2D eigenvalue weighted by Gasteiger charge is 2.46. The van der Waals surface area contributed by atoms with Gasteiger partial charge in [-0.1, -0.05) is 12.1 Å². The zero-order valence-electron chi connectivity index (χ0n) is 11.9. The van der Waals surface area contributed by atoms with Gasteiger partial charge in [0.15, 0.2) is 0 Å². The molecule has 1 aliphatic heterocycles. The van der Waals surface area contributed by atoms with Crippen LogP contribution in [0, 0.1) is 0 Å². The summed E-state index contributed by atoms with van der Waals surface area (Å²) in [7, 11) is 0. The lowest BCUT2D eigenvalue weighted by molar-refractivity contribution is -0.196. The number of amides is 1. The van der Waals surface area contributed by atoms with Crippen molar-refractivity contribution >= 4 is 16.9 Å². The van der Waals surface area contributed by atoms with Gasteiger partial charge >= 0.3 is 6.18 Å². The zero-order valence-corrected chi connectivity index (χ0v) is 11.9. The van der Waals surface area contributed by atoms with Crippen LogP contribution in [0.25, 0.3) is 11.0 Å². The lowest BCUT2D eigenvalue weighted by atomic mass is 10.0. The van der Waals surface area contributed by atoms with Crippen LogP contribution < -0.4 is 0 Å². The van der Waals surface area contributed by atoms with Crippen molar-refractivity contribution in [2.24, 2.45) is 0 Å². The number of carbonyl (C=O) groups excluding carboxylic acids is 1. The Balaban J connectivity index is 1.81. The van der Waals surface area contributed by atoms with Gasteiger partial charge in [0.2, 0.25) is 5.91 Å². The highest BCUT2D eigenvalue weighted by atomic mass is 19.4. The van der Waals surface area contributed by atoms with Gasteiger partial charge in [0.05, 0.1) is 17.4 Å². The number of nitrogens with zero attached hydrogens (tertiary/aromatic N) is 3. The molecule has 2 aromatic rings. The van der Waals surface area contributed by atoms with Crippen LogP contribution in [0.2, 0.25) is 0 Å². The molecule has 1 amide bonds. The van der Waals surface area contributed by atoms with E-state index in [-0.39, 0.29) is 19.5 Å². The Morgan fingerprint density at radius 3 is 2.82 bits per heavy atom. The molecule has 0 spiro atoms. The average molecular weight is 311 g/mol. The summed E-state index contributed by atoms with van der Waals surface area (Å²) in [4.78, 5) is 17.5. The highest BCUT2D eigenvalue weighted by molar-refractivity contribution is 5.80. The zero-order chi connectivity index (χ0) is 15.7. The number of carbonyl (C=O) groups is 1. The van der Waals surface area contributed by atoms with Gasteiger partial charge in [0, 0.05) is 6.54 Å². The van der Waals surface area contributed by atoms with Crippen molar-refractivity contribution in [1.29, 1.82) is 0 Å². The molecule has 0 aliphatic carbocycles. The van der Waals surface area contributed by atoms with Crippen molar-refractivity contribution in [2.45, 2.75) is 38.0 Å². The Labute approximate surface area is 125 Å². The molecule has 22 heavy (non-hydrogen) atoms. The molecule has 0 N–H and O–H groups in total. The number of halogens is 3. The number of benzene rings is 1. The van der Waals surface area contributed by atoms with Crippen molar-refractivity contribution in [3.05, 3.63) is 30.6 Å². The Kier molecular flexibility index (Phi) is 3.80. The Hall–Kier alpha value is -2.05. The molecular weight excluding hydrogens is 295 g/mol. The molecule has 2 heterocycles. The number of para-hydroxylation sites is 2. The Morgan fingerprint density at radius 1 is 1.27 bits per heavy atom. The van der Waals surface area contributed by atoms with Crippen LogP contribution >= 0.6 is 0 Å². The van der Waals surface area contributed by atoms with Crippen LogP contribution in [0.5, 0.6) is 0 Å². The minimum Gasteiger partial charge on any atom is -0.329 e. The van der Waals surface area contributed by atoms with Crippen LogP contribution in [0.3, 0.4) is 0 Å². The molecule has 0 bridgehead atoms. The maximum Gasteiger partial charge on any atom is 0.408 e. The summed E-state index contributed by atoms with van der Waals surface area (Å²) in [6.07, 6.45) is -1.77. The number of imidazole rings is 1. The molecule has 1 aliphatic rings. The molecule has 1 saturated heterocycles. The van der Waals surface area contributed by atoms with Gasteiger partial charge in [0.1, 0.15) is 12.6 Å². The summed E-state index contributed by atoms with van der Waals surface area (Å²) in [5.41, 5.74) is 1.47. The monoisotopic (exact) mass is 311 g/mol. The van der Waals surface area contributed by atoms with Crippen LogP contribution in [0.15, 0.2) is 30.6 Å². The van der Waals surface area contributed by atoms with Gasteiger partial charge < -0.3 is 9.47 Å². The summed E-state index contributed by atoms with van der Waals surface area (Å²) in [6, 6.07) is 5.57. The Bertz CT molecular complexity index is 680. The topological polar surface area (TPSA) is 38.1 Å². The number of hydrogen-bond donors (Lipinski definition) is 0. The quantitative estimate of drug-likeness (QED) is 0.855. The van der Waals surface area contributed by atoms with E-state index >= 15 is 0 Å². The van der Waals surface area contributed by atoms with Crippen molar-refractivity contribution in [3.8, 4) is 0 Å². The summed E-state index contributed by atoms with van der Waals surface area (Å²) in [5.74, 6) is -0.509. The fourth-order valence-electron chi connectivity index (χ4n) is 2.94. The first-order valence-electron chi connectivity index (χ1n) is 7.23. The molecule has 1 aromatic carbocycles. The van der Waals surface area contributed by atoms with Gasteiger partial charge in [-0.25, -0.2) is 4.98 Å². The Morgan fingerprint density at radius 2 is 2.05 bits per heavy atom. The summed E-state index contributed by atoms with van der Waals surface area (Å²) in [6.45, 7) is 0.0444. The molecule has 1 unspecified atom stereocenters. The fraction of sp³-hybridized carbons (Fsp3) is 0.467. The highest BCUT2D eigenvalue weighted by Crippen LogP contribution is 2.32. The summed E-state index contributed by atoms with van der Waals surface area (Å²) < 4.78 is 40.8. The SMILES string of the molecule is O=C(Cn1cnc2ccccc21)N1CCCCC1C(F)(F)F. The van der Waals surface area contributed by atoms with Gasteiger partial charge in [-0.2, -0.15) is 13.2 Å². The first kappa shape index (κ1) is 14.9. The van der Waals surface area contributed by atoms with Crippen LogP contribution in [-0.4, -0.2) is 39.1 Å². The first-order chi connectivity index (χ1) is 10.5. The number of likely N-dealkylation sites (tertiary alicyclic amines) is 1. The predicted octanol–water partition coefficient (Wildman–Crippen LogP) is 2.98. The standard InChI is InChI=1S/C15H16F3N3O/c16-15(17,18)13-7-3-4-8-21(13)14(22)9-20-10-19-11-5-1-2-6-12(11)20/h1-2,5-6,10,13H,3-4,7-9H2. The van der Waals surface area contributed by atoms with Gasteiger partial charge in [-0.15, -0.1) is 0 Å². The van der Waals surface area contributed by atoms with E-state index in [1.807, 2.05) is 12.1 Å². The predicted molar refractivity (Wildman–Crippen MR) is 75.1 cm³/mol. The van der Waals surface area contributed by atoms with Crippen molar-refractivity contribution < 1.29 is 18.0 Å². The number of fused-ring (bicyclic) bond motifs is 1. The fourth-order valence-corrected chi connectivity index (χ4v) is 2.94. The molecule has 1 atom stereocenters. The van der Waals surface area contributed by atoms with Crippen LogP contribution in [-0.2, 0) is 11.3 Å². The second kappa shape index (κ2) is 5.62. The molecule has 118 valence electrons. The van der Waals surface area contributed by atoms with Gasteiger partial charge in [-0.3, -0.25) is 4.79 Å². The summed E-state index contributed by atoms with van der Waals surface area (Å²) in [5, 5.41) is 0. The lowest BCUT2D eigenvalue weighted by Gasteiger charge is -2.36. The minimum atomic E-state index is -4.37. The van der Waals surface area contributed by atoms with Crippen molar-refractivity contribution in [3.63, 3.8) is 0 Å². The molecule has 3 rings (SSSR count). The molecule has 4 nitrogen and oxygen atoms in total. The van der Waals surface area contributed by atoms with Crippen LogP contribution in [0.4, 0.5) is 13.2 Å². The second-order valence-corrected chi connectivity index (χ2v) is 5.50. The number of aromatic nitrogens is 2. The van der Waals surface area contributed by atoms with E-state index in [0.29, 0.717) is 12.8 Å².